The molecule has 10 heteroatoms. The summed E-state index contributed by atoms with van der Waals surface area (Å²) in [7, 11) is -2.00. The molecule has 0 aliphatic carbocycles. The molecule has 1 aromatic heterocycles. The average Bonchev–Trinajstić information content (AvgIpc) is 3.59. The van der Waals surface area contributed by atoms with Crippen molar-refractivity contribution in [2.24, 2.45) is 0 Å². The highest BCUT2D eigenvalue weighted by atomic mass is 35.5. The number of nitrogens with zero attached hydrogens (tertiary/aromatic N) is 4. The Labute approximate surface area is 271 Å². The van der Waals surface area contributed by atoms with Gasteiger partial charge in [-0.2, -0.15) is 0 Å². The van der Waals surface area contributed by atoms with E-state index in [0.717, 1.165) is 33.3 Å². The van der Waals surface area contributed by atoms with Crippen LogP contribution >= 0.6 is 11.6 Å². The molecule has 1 unspecified atom stereocenters. The second kappa shape index (κ2) is 13.1. The Morgan fingerprint density at radius 1 is 1.13 bits per heavy atom. The molecule has 4 aromatic rings. The fourth-order valence-electron chi connectivity index (χ4n) is 5.54. The van der Waals surface area contributed by atoms with Crippen LogP contribution in [-0.2, 0) is 33.5 Å². The summed E-state index contributed by atoms with van der Waals surface area (Å²) in [4.78, 5) is 28.3. The van der Waals surface area contributed by atoms with Crippen LogP contribution in [0.3, 0.4) is 0 Å². The van der Waals surface area contributed by atoms with E-state index >= 15 is 0 Å². The normalized spacial score (nSPS) is 16.3. The van der Waals surface area contributed by atoms with Crippen molar-refractivity contribution < 1.29 is 18.8 Å². The lowest BCUT2D eigenvalue weighted by atomic mass is 9.86. The molecule has 0 bridgehead atoms. The fraction of sp³-hybridized carbons (Fsp3) is 0.429. The molecular weight excluding hydrogens is 604 g/mol. The zero-order valence-corrected chi connectivity index (χ0v) is 29.0. The number of carbonyl (C=O) groups excluding carboxylic acids is 2. The summed E-state index contributed by atoms with van der Waals surface area (Å²) >= 11 is 7.06. The molecule has 1 aliphatic rings. The van der Waals surface area contributed by atoms with Crippen LogP contribution in [0, 0.1) is 6.92 Å². The number of hydrogen-bond acceptors (Lipinski definition) is 6. The van der Waals surface area contributed by atoms with Crippen molar-refractivity contribution in [1.29, 1.82) is 0 Å². The minimum Gasteiger partial charge on any atom is -0.447 e. The molecular formula is C35H43ClN4O4Si. The molecule has 2 heterocycles. The molecule has 3 aromatic carbocycles. The van der Waals surface area contributed by atoms with Gasteiger partial charge < -0.3 is 9.16 Å². The maximum absolute atomic E-state index is 14.1. The van der Waals surface area contributed by atoms with Crippen molar-refractivity contribution >= 4 is 43.0 Å². The maximum Gasteiger partial charge on any atom is 0.416 e. The fourth-order valence-corrected chi connectivity index (χ4v) is 6.82. The van der Waals surface area contributed by atoms with Gasteiger partial charge in [0.25, 0.3) is 0 Å². The molecule has 0 N–H and O–H groups in total. The van der Waals surface area contributed by atoms with E-state index in [1.165, 1.54) is 4.90 Å². The van der Waals surface area contributed by atoms with Crippen molar-refractivity contribution in [3.05, 3.63) is 93.5 Å². The summed E-state index contributed by atoms with van der Waals surface area (Å²) in [6, 6.07) is 19.6. The third kappa shape index (κ3) is 6.85. The summed E-state index contributed by atoms with van der Waals surface area (Å²) in [6.45, 7) is 16.5. The van der Waals surface area contributed by atoms with Gasteiger partial charge in [0.1, 0.15) is 12.1 Å². The summed E-state index contributed by atoms with van der Waals surface area (Å²) in [5.74, 6) is -0.754. The number of aromatic nitrogens is 3. The number of amides is 2. The molecule has 1 saturated heterocycles. The molecule has 1 aliphatic heterocycles. The molecule has 2 amide bonds. The highest BCUT2D eigenvalue weighted by Crippen LogP contribution is 2.40. The zero-order chi connectivity index (χ0) is 32.5. The molecule has 0 saturated carbocycles. The maximum atomic E-state index is 14.1. The molecule has 0 spiro atoms. The number of halogens is 1. The van der Waals surface area contributed by atoms with Gasteiger partial charge in [0, 0.05) is 18.9 Å². The molecule has 45 heavy (non-hydrogen) atoms. The quantitative estimate of drug-likeness (QED) is 0.162. The first kappa shape index (κ1) is 32.8. The van der Waals surface area contributed by atoms with Gasteiger partial charge in [-0.3, -0.25) is 4.79 Å². The van der Waals surface area contributed by atoms with E-state index in [0.29, 0.717) is 30.1 Å². The lowest BCUT2D eigenvalue weighted by molar-refractivity contribution is -0.129. The second-order valence-electron chi connectivity index (χ2n) is 13.4. The van der Waals surface area contributed by atoms with Crippen LogP contribution in [0.25, 0.3) is 11.0 Å². The van der Waals surface area contributed by atoms with E-state index in [4.69, 9.17) is 20.8 Å². The Bertz CT molecular complexity index is 1700. The minimum absolute atomic E-state index is 0.0269. The van der Waals surface area contributed by atoms with Crippen LogP contribution in [0.1, 0.15) is 67.9 Å². The van der Waals surface area contributed by atoms with Crippen LogP contribution in [0.2, 0.25) is 23.2 Å². The number of aryl methyl sites for hydroxylation is 2. The molecule has 8 nitrogen and oxygen atoms in total. The third-order valence-electron chi connectivity index (χ3n) is 9.42. The van der Waals surface area contributed by atoms with Crippen LogP contribution in [0.5, 0.6) is 0 Å². The Balaban J connectivity index is 1.52. The summed E-state index contributed by atoms with van der Waals surface area (Å²) in [5, 5.41) is 9.15. The van der Waals surface area contributed by atoms with Gasteiger partial charge >= 0.3 is 6.09 Å². The lowest BCUT2D eigenvalue weighted by Gasteiger charge is -2.36. The number of rotatable bonds is 10. The number of benzene rings is 3. The van der Waals surface area contributed by atoms with E-state index in [1.807, 2.05) is 55.5 Å². The van der Waals surface area contributed by atoms with Gasteiger partial charge in [-0.15, -0.1) is 5.10 Å². The first-order valence-corrected chi connectivity index (χ1v) is 18.9. The standard InChI is InChI=1S/C35H43ClN4O4Si/c1-8-39-30-17-16-28(32(36)33(30)37-38-39)29(25-15-14-23(2)26(19-25)21-44-45(6,7)35(3,4)5)20-31(41)40-27(22-43-34(40)42)18-24-12-10-9-11-13-24/h9-17,19,27,29H,8,18,20-22H2,1-7H3/t27-,29?/m1/s1. The van der Waals surface area contributed by atoms with Gasteiger partial charge in [0.15, 0.2) is 8.32 Å². The monoisotopic (exact) mass is 646 g/mol. The van der Waals surface area contributed by atoms with Gasteiger partial charge in [-0.05, 0) is 72.3 Å². The van der Waals surface area contributed by atoms with Crippen LogP contribution < -0.4 is 0 Å². The number of hydrogen-bond donors (Lipinski definition) is 0. The molecule has 1 fully saturated rings. The lowest BCUT2D eigenvalue weighted by Crippen LogP contribution is -2.41. The number of imide groups is 1. The van der Waals surface area contributed by atoms with Crippen molar-refractivity contribution in [2.75, 3.05) is 6.61 Å². The van der Waals surface area contributed by atoms with Crippen LogP contribution in [0.4, 0.5) is 4.79 Å². The number of carbonyl (C=O) groups is 2. The summed E-state index contributed by atoms with van der Waals surface area (Å²) < 4.78 is 13.8. The van der Waals surface area contributed by atoms with Crippen molar-refractivity contribution in [3.8, 4) is 0 Å². The minimum atomic E-state index is -2.00. The smallest absolute Gasteiger partial charge is 0.416 e. The summed E-state index contributed by atoms with van der Waals surface area (Å²) in [6.07, 6.45) is -0.0616. The van der Waals surface area contributed by atoms with Gasteiger partial charge in [-0.1, -0.05) is 92.2 Å². The second-order valence-corrected chi connectivity index (χ2v) is 18.6. The van der Waals surface area contributed by atoms with Crippen LogP contribution in [0.15, 0.2) is 60.7 Å². The Hall–Kier alpha value is -3.53. The van der Waals surface area contributed by atoms with E-state index < -0.39 is 20.3 Å². The van der Waals surface area contributed by atoms with E-state index in [-0.39, 0.29) is 30.0 Å². The predicted octanol–water partition coefficient (Wildman–Crippen LogP) is 8.05. The Morgan fingerprint density at radius 3 is 2.56 bits per heavy atom. The zero-order valence-electron chi connectivity index (χ0n) is 27.3. The highest BCUT2D eigenvalue weighted by molar-refractivity contribution is 6.74. The predicted molar refractivity (Wildman–Crippen MR) is 180 cm³/mol. The molecule has 5 rings (SSSR count). The number of ether oxygens (including phenoxy) is 1. The molecule has 238 valence electrons. The first-order valence-electron chi connectivity index (χ1n) is 15.6. The average molecular weight is 647 g/mol. The Kier molecular flexibility index (Phi) is 9.53. The van der Waals surface area contributed by atoms with E-state index in [2.05, 4.69) is 63.2 Å². The largest absolute Gasteiger partial charge is 0.447 e. The van der Waals surface area contributed by atoms with E-state index in [9.17, 15) is 9.59 Å². The van der Waals surface area contributed by atoms with Gasteiger partial charge in [-0.25, -0.2) is 14.4 Å². The van der Waals surface area contributed by atoms with Crippen molar-refractivity contribution in [3.63, 3.8) is 0 Å². The van der Waals surface area contributed by atoms with Crippen molar-refractivity contribution in [2.45, 2.75) is 90.7 Å². The summed E-state index contributed by atoms with van der Waals surface area (Å²) in [5.41, 5.74) is 6.30. The molecule has 0 radical (unpaired) electrons. The third-order valence-corrected chi connectivity index (χ3v) is 14.3. The van der Waals surface area contributed by atoms with Gasteiger partial charge in [0.05, 0.1) is 23.2 Å². The van der Waals surface area contributed by atoms with Crippen LogP contribution in [-0.4, -0.2) is 52.9 Å². The van der Waals surface area contributed by atoms with Gasteiger partial charge in [0.2, 0.25) is 5.91 Å². The molecule has 2 atom stereocenters. The first-order chi connectivity index (χ1) is 21.3. The topological polar surface area (TPSA) is 86.6 Å². The van der Waals surface area contributed by atoms with E-state index in [1.54, 1.807) is 4.68 Å². The number of cyclic esters (lactones) is 1. The van der Waals surface area contributed by atoms with Crippen molar-refractivity contribution in [1.82, 2.24) is 19.9 Å². The highest BCUT2D eigenvalue weighted by Gasteiger charge is 2.40. The Morgan fingerprint density at radius 2 is 1.87 bits per heavy atom. The number of fused-ring (bicyclic) bond motifs is 1. The SMILES string of the molecule is CCn1nnc2c(Cl)c(C(CC(=O)N3C(=O)OC[C@H]3Cc3ccccc3)c3ccc(C)c(CO[Si](C)(C)C(C)(C)C)c3)ccc21.